The number of ether oxygens (including phenoxy) is 2. The van der Waals surface area contributed by atoms with Gasteiger partial charge in [0.1, 0.15) is 12.4 Å². The summed E-state index contributed by atoms with van der Waals surface area (Å²) < 4.78 is 10.7. The molecule has 0 bridgehead atoms. The largest absolute Gasteiger partial charge is 0.489 e. The highest BCUT2D eigenvalue weighted by Gasteiger charge is 2.19. The number of hydrogen-bond acceptors (Lipinski definition) is 4. The van der Waals surface area contributed by atoms with Crippen LogP contribution in [0.4, 0.5) is 0 Å². The van der Waals surface area contributed by atoms with E-state index < -0.39 is 0 Å². The Labute approximate surface area is 149 Å². The quantitative estimate of drug-likeness (QED) is 0.813. The van der Waals surface area contributed by atoms with E-state index in [1.54, 1.807) is 0 Å². The Balaban J connectivity index is 1.69. The molecule has 1 N–H and O–H groups in total. The van der Waals surface area contributed by atoms with Gasteiger partial charge in [-0.05, 0) is 54.6 Å². The van der Waals surface area contributed by atoms with Gasteiger partial charge in [0.25, 0.3) is 0 Å². The molecule has 2 aromatic carbocycles. The topological polar surface area (TPSA) is 47.6 Å². The third-order valence-electron chi connectivity index (χ3n) is 4.62. The van der Waals surface area contributed by atoms with Crippen molar-refractivity contribution >= 4 is 5.97 Å². The Morgan fingerprint density at radius 1 is 1.20 bits per heavy atom. The lowest BCUT2D eigenvalue weighted by atomic mass is 9.96. The second-order valence-electron chi connectivity index (χ2n) is 6.36. The molecule has 3 rings (SSSR count). The second kappa shape index (κ2) is 8.67. The molecular formula is C21H25NO3. The van der Waals surface area contributed by atoms with Gasteiger partial charge in [-0.15, -0.1) is 0 Å². The molecule has 0 saturated carbocycles. The van der Waals surface area contributed by atoms with Gasteiger partial charge in [0.05, 0.1) is 7.11 Å². The summed E-state index contributed by atoms with van der Waals surface area (Å²) in [4.78, 5) is 11.5. The van der Waals surface area contributed by atoms with Crippen molar-refractivity contribution in [3.05, 3.63) is 65.2 Å². The van der Waals surface area contributed by atoms with Crippen molar-refractivity contribution in [1.82, 2.24) is 5.32 Å². The fraction of sp³-hybridized carbons (Fsp3) is 0.381. The highest BCUT2D eigenvalue weighted by molar-refractivity contribution is 5.69. The van der Waals surface area contributed by atoms with Crippen LogP contribution in [0.15, 0.2) is 48.5 Å². The summed E-state index contributed by atoms with van der Waals surface area (Å²) in [5, 5.41) is 3.55. The fourth-order valence-electron chi connectivity index (χ4n) is 3.26. The molecule has 0 amide bonds. The maximum Gasteiger partial charge on any atom is 0.305 e. The van der Waals surface area contributed by atoms with Crippen LogP contribution in [0.2, 0.25) is 0 Å². The average Bonchev–Trinajstić information content (AvgIpc) is 2.87. The molecule has 0 saturated heterocycles. The van der Waals surface area contributed by atoms with Crippen LogP contribution in [0, 0.1) is 0 Å². The molecular weight excluding hydrogens is 314 g/mol. The molecule has 1 unspecified atom stereocenters. The van der Waals surface area contributed by atoms with Gasteiger partial charge >= 0.3 is 5.97 Å². The number of aryl methyl sites for hydroxylation is 1. The molecule has 1 atom stereocenters. The van der Waals surface area contributed by atoms with Crippen molar-refractivity contribution < 1.29 is 14.3 Å². The van der Waals surface area contributed by atoms with Gasteiger partial charge in [-0.3, -0.25) is 4.79 Å². The van der Waals surface area contributed by atoms with Crippen LogP contribution >= 0.6 is 0 Å². The van der Waals surface area contributed by atoms with Crippen molar-refractivity contribution in [3.8, 4) is 5.75 Å². The van der Waals surface area contributed by atoms with Crippen LogP contribution < -0.4 is 10.1 Å². The zero-order valence-corrected chi connectivity index (χ0v) is 14.7. The molecule has 0 aromatic heterocycles. The Morgan fingerprint density at radius 3 is 2.84 bits per heavy atom. The van der Waals surface area contributed by atoms with E-state index in [4.69, 9.17) is 9.47 Å². The zero-order chi connectivity index (χ0) is 17.5. The Bertz CT molecular complexity index is 700. The van der Waals surface area contributed by atoms with E-state index in [1.807, 2.05) is 24.3 Å². The van der Waals surface area contributed by atoms with Crippen molar-refractivity contribution in [2.75, 3.05) is 13.7 Å². The van der Waals surface area contributed by atoms with Crippen molar-refractivity contribution in [1.29, 1.82) is 0 Å². The van der Waals surface area contributed by atoms with E-state index in [0.29, 0.717) is 13.0 Å². The van der Waals surface area contributed by atoms with Crippen molar-refractivity contribution in [3.63, 3.8) is 0 Å². The molecule has 0 spiro atoms. The number of carbonyl (C=O) groups is 1. The van der Waals surface area contributed by atoms with E-state index in [0.717, 1.165) is 37.1 Å². The lowest BCUT2D eigenvalue weighted by Crippen LogP contribution is -2.22. The highest BCUT2D eigenvalue weighted by atomic mass is 16.5. The van der Waals surface area contributed by atoms with E-state index >= 15 is 0 Å². The summed E-state index contributed by atoms with van der Waals surface area (Å²) in [6.45, 7) is 1.53. The number of hydrogen-bond donors (Lipinski definition) is 1. The summed E-state index contributed by atoms with van der Waals surface area (Å²) in [6.07, 6.45) is 3.30. The Hall–Kier alpha value is -2.33. The minimum atomic E-state index is -0.157. The molecule has 4 heteroatoms. The number of carbonyl (C=O) groups excluding carboxylic acids is 1. The van der Waals surface area contributed by atoms with Crippen LogP contribution in [0.3, 0.4) is 0 Å². The second-order valence-corrected chi connectivity index (χ2v) is 6.36. The predicted molar refractivity (Wildman–Crippen MR) is 97.5 cm³/mol. The first-order valence-corrected chi connectivity index (χ1v) is 8.86. The normalized spacial score (nSPS) is 16.6. The third-order valence-corrected chi connectivity index (χ3v) is 4.62. The van der Waals surface area contributed by atoms with E-state index in [9.17, 15) is 4.79 Å². The molecule has 1 aliphatic rings. The van der Waals surface area contributed by atoms with Crippen LogP contribution in [0.25, 0.3) is 0 Å². The van der Waals surface area contributed by atoms with Gasteiger partial charge < -0.3 is 14.8 Å². The summed E-state index contributed by atoms with van der Waals surface area (Å²) in [5.41, 5.74) is 3.74. The summed E-state index contributed by atoms with van der Waals surface area (Å²) in [6, 6.07) is 16.7. The van der Waals surface area contributed by atoms with Gasteiger partial charge in [0, 0.05) is 12.5 Å². The van der Waals surface area contributed by atoms with Gasteiger partial charge in [-0.1, -0.05) is 36.4 Å². The molecule has 0 aliphatic carbocycles. The standard InChI is InChI=1S/C21H25NO3/c1-24-21(23)12-11-20-19-10-9-18(14-17(19)8-5-13-22-20)25-15-16-6-3-2-4-7-16/h2-4,6-7,9-10,14,20,22H,5,8,11-13,15H2,1H3. The molecule has 1 heterocycles. The number of benzene rings is 2. The number of nitrogens with one attached hydrogen (secondary N) is 1. The SMILES string of the molecule is COC(=O)CCC1NCCCc2cc(OCc3ccccc3)ccc21. The Kier molecular flexibility index (Phi) is 6.07. The molecule has 0 radical (unpaired) electrons. The van der Waals surface area contributed by atoms with Crippen molar-refractivity contribution in [2.45, 2.75) is 38.3 Å². The molecule has 1 aliphatic heterocycles. The maximum absolute atomic E-state index is 11.5. The highest BCUT2D eigenvalue weighted by Crippen LogP contribution is 2.29. The number of fused-ring (bicyclic) bond motifs is 1. The number of rotatable bonds is 6. The minimum absolute atomic E-state index is 0.157. The zero-order valence-electron chi connectivity index (χ0n) is 14.7. The fourth-order valence-corrected chi connectivity index (χ4v) is 3.26. The van der Waals surface area contributed by atoms with E-state index in [2.05, 4.69) is 29.6 Å². The first-order chi connectivity index (χ1) is 12.3. The molecule has 25 heavy (non-hydrogen) atoms. The van der Waals surface area contributed by atoms with Crippen LogP contribution in [-0.2, 0) is 22.6 Å². The van der Waals surface area contributed by atoms with E-state index in [1.165, 1.54) is 18.2 Å². The summed E-state index contributed by atoms with van der Waals surface area (Å²) in [7, 11) is 1.44. The first kappa shape index (κ1) is 17.5. The molecule has 2 aromatic rings. The lowest BCUT2D eigenvalue weighted by Gasteiger charge is -2.19. The smallest absolute Gasteiger partial charge is 0.305 e. The van der Waals surface area contributed by atoms with Gasteiger partial charge in [0.2, 0.25) is 0 Å². The van der Waals surface area contributed by atoms with Crippen LogP contribution in [-0.4, -0.2) is 19.6 Å². The lowest BCUT2D eigenvalue weighted by molar-refractivity contribution is -0.140. The monoisotopic (exact) mass is 339 g/mol. The summed E-state index contributed by atoms with van der Waals surface area (Å²) >= 11 is 0. The molecule has 0 fully saturated rings. The minimum Gasteiger partial charge on any atom is -0.489 e. The van der Waals surface area contributed by atoms with Gasteiger partial charge in [-0.2, -0.15) is 0 Å². The van der Waals surface area contributed by atoms with Crippen molar-refractivity contribution in [2.24, 2.45) is 0 Å². The maximum atomic E-state index is 11.5. The van der Waals surface area contributed by atoms with Gasteiger partial charge in [0.15, 0.2) is 0 Å². The van der Waals surface area contributed by atoms with Crippen LogP contribution in [0.1, 0.15) is 42.0 Å². The molecule has 4 nitrogen and oxygen atoms in total. The molecule has 132 valence electrons. The summed E-state index contributed by atoms with van der Waals surface area (Å²) in [5.74, 6) is 0.742. The van der Waals surface area contributed by atoms with Crippen LogP contribution in [0.5, 0.6) is 5.75 Å². The van der Waals surface area contributed by atoms with E-state index in [-0.39, 0.29) is 12.0 Å². The third kappa shape index (κ3) is 4.83. The predicted octanol–water partition coefficient (Wildman–Crippen LogP) is 3.80. The number of methoxy groups -OCH3 is 1. The first-order valence-electron chi connectivity index (χ1n) is 8.86. The average molecular weight is 339 g/mol. The van der Waals surface area contributed by atoms with Gasteiger partial charge in [-0.25, -0.2) is 0 Å². The Morgan fingerprint density at radius 2 is 2.04 bits per heavy atom. The number of esters is 1.